The second-order valence-electron chi connectivity index (χ2n) is 5.74. The number of hydrazone groups is 1. The molecule has 4 rings (SSSR count). The molecule has 0 spiro atoms. The third kappa shape index (κ3) is 1.21. The van der Waals surface area contributed by atoms with Crippen LogP contribution in [0, 0.1) is 17.8 Å². The van der Waals surface area contributed by atoms with Crippen LogP contribution < -0.4 is 0 Å². The minimum absolute atomic E-state index is 0.222. The van der Waals surface area contributed by atoms with Crippen LogP contribution in [0.15, 0.2) is 22.8 Å². The van der Waals surface area contributed by atoms with Crippen molar-refractivity contribution in [1.82, 2.24) is 5.01 Å². The molecule has 1 saturated heterocycles. The van der Waals surface area contributed by atoms with Crippen molar-refractivity contribution >= 4 is 12.1 Å². The molecule has 18 heavy (non-hydrogen) atoms. The lowest BCUT2D eigenvalue weighted by atomic mass is 9.85. The molecule has 0 N–H and O–H groups in total. The maximum Gasteiger partial charge on any atom is 0.287 e. The molecule has 1 amide bonds. The standard InChI is InChI=1S/C14H17N2O2/c1-15-14(17)12-9-4-5-10(7-9)13(12)16(15)8-11-3-2-6-18-11/h2-3,6,8-10,12-13H,4-5,7H2,1H3/q+1/b16-8-/t9-,10+,12+,13-/m1/s1. The summed E-state index contributed by atoms with van der Waals surface area (Å²) < 4.78 is 7.48. The minimum atomic E-state index is 0.222. The lowest BCUT2D eigenvalue weighted by molar-refractivity contribution is -0.680. The Kier molecular flexibility index (Phi) is 1.99. The van der Waals surface area contributed by atoms with E-state index in [0.717, 1.165) is 5.76 Å². The molecular weight excluding hydrogens is 228 g/mol. The molecule has 1 aromatic heterocycles. The van der Waals surface area contributed by atoms with Crippen molar-refractivity contribution in [2.75, 3.05) is 7.05 Å². The molecule has 2 heterocycles. The lowest BCUT2D eigenvalue weighted by Crippen LogP contribution is -2.35. The summed E-state index contributed by atoms with van der Waals surface area (Å²) in [4.78, 5) is 12.3. The summed E-state index contributed by atoms with van der Waals surface area (Å²) in [5.74, 6) is 2.62. The SMILES string of the molecule is CN1C(=O)[C@H]2[C@@H]3CC[C@@H](C3)[C@H]2/[N+]1=C/c1ccco1. The number of carbonyl (C=O) groups is 1. The van der Waals surface area contributed by atoms with Gasteiger partial charge >= 0.3 is 0 Å². The molecule has 2 bridgehead atoms. The van der Waals surface area contributed by atoms with Crippen LogP contribution in [0.2, 0.25) is 0 Å². The normalized spacial score (nSPS) is 39.9. The maximum atomic E-state index is 12.3. The number of carbonyl (C=O) groups excluding carboxylic acids is 1. The first-order valence-corrected chi connectivity index (χ1v) is 6.70. The second-order valence-corrected chi connectivity index (χ2v) is 5.74. The van der Waals surface area contributed by atoms with E-state index in [9.17, 15) is 4.79 Å². The Bertz CT molecular complexity index is 520. The zero-order valence-corrected chi connectivity index (χ0v) is 10.5. The van der Waals surface area contributed by atoms with E-state index in [-0.39, 0.29) is 11.8 Å². The predicted molar refractivity (Wildman–Crippen MR) is 65.0 cm³/mol. The number of hydrogen-bond acceptors (Lipinski definition) is 2. The summed E-state index contributed by atoms with van der Waals surface area (Å²) in [6.45, 7) is 0. The van der Waals surface area contributed by atoms with E-state index in [2.05, 4.69) is 4.68 Å². The summed E-state index contributed by atoms with van der Waals surface area (Å²) in [5.41, 5.74) is 0. The number of nitrogens with zero attached hydrogens (tertiary/aromatic N) is 2. The number of furan rings is 1. The van der Waals surface area contributed by atoms with Gasteiger partial charge in [0.1, 0.15) is 5.92 Å². The molecule has 2 aliphatic carbocycles. The van der Waals surface area contributed by atoms with E-state index < -0.39 is 0 Å². The summed E-state index contributed by atoms with van der Waals surface area (Å²) in [6.07, 6.45) is 7.39. The van der Waals surface area contributed by atoms with E-state index in [1.54, 1.807) is 11.3 Å². The molecular formula is C14H17N2O2+. The van der Waals surface area contributed by atoms with Crippen LogP contribution in [-0.2, 0) is 4.79 Å². The summed E-state index contributed by atoms with van der Waals surface area (Å²) in [6, 6.07) is 4.17. The molecule has 0 radical (unpaired) electrons. The van der Waals surface area contributed by atoms with Gasteiger partial charge in [-0.25, -0.2) is 0 Å². The van der Waals surface area contributed by atoms with E-state index >= 15 is 0 Å². The van der Waals surface area contributed by atoms with Crippen molar-refractivity contribution < 1.29 is 13.9 Å². The van der Waals surface area contributed by atoms with Crippen LogP contribution in [-0.4, -0.2) is 34.9 Å². The first kappa shape index (κ1) is 10.4. The molecule has 3 fully saturated rings. The Balaban J connectivity index is 1.77. The van der Waals surface area contributed by atoms with Gasteiger partial charge in [-0.05, 0) is 37.3 Å². The van der Waals surface area contributed by atoms with Crippen molar-refractivity contribution in [3.8, 4) is 0 Å². The van der Waals surface area contributed by atoms with Crippen molar-refractivity contribution in [3.05, 3.63) is 24.2 Å². The number of amides is 1. The van der Waals surface area contributed by atoms with E-state index in [1.165, 1.54) is 19.3 Å². The molecule has 4 heteroatoms. The summed E-state index contributed by atoms with van der Waals surface area (Å²) >= 11 is 0. The monoisotopic (exact) mass is 245 g/mol. The molecule has 2 saturated carbocycles. The average molecular weight is 245 g/mol. The third-order valence-corrected chi connectivity index (χ3v) is 4.93. The molecule has 94 valence electrons. The predicted octanol–water partition coefficient (Wildman–Crippen LogP) is 1.51. The maximum absolute atomic E-state index is 12.3. The van der Waals surface area contributed by atoms with Gasteiger partial charge < -0.3 is 4.42 Å². The van der Waals surface area contributed by atoms with Gasteiger partial charge in [0.05, 0.1) is 13.3 Å². The largest absolute Gasteiger partial charge is 0.459 e. The molecule has 4 nitrogen and oxygen atoms in total. The molecule has 1 aliphatic heterocycles. The fourth-order valence-corrected chi connectivity index (χ4v) is 4.19. The highest BCUT2D eigenvalue weighted by atomic mass is 16.3. The number of rotatable bonds is 1. The van der Waals surface area contributed by atoms with Crippen molar-refractivity contribution in [2.45, 2.75) is 25.3 Å². The average Bonchev–Trinajstić information content (AvgIpc) is 3.10. The van der Waals surface area contributed by atoms with Gasteiger partial charge in [0.15, 0.2) is 11.8 Å². The zero-order valence-electron chi connectivity index (χ0n) is 10.5. The van der Waals surface area contributed by atoms with Crippen molar-refractivity contribution in [2.24, 2.45) is 17.8 Å². The van der Waals surface area contributed by atoms with Crippen molar-refractivity contribution in [3.63, 3.8) is 0 Å². The van der Waals surface area contributed by atoms with Crippen LogP contribution >= 0.6 is 0 Å². The highest BCUT2D eigenvalue weighted by molar-refractivity contribution is 5.82. The lowest BCUT2D eigenvalue weighted by Gasteiger charge is -2.16. The second kappa shape index (κ2) is 3.46. The Morgan fingerprint density at radius 2 is 2.28 bits per heavy atom. The highest BCUT2D eigenvalue weighted by Crippen LogP contribution is 2.52. The van der Waals surface area contributed by atoms with Gasteiger partial charge in [-0.1, -0.05) is 0 Å². The quantitative estimate of drug-likeness (QED) is 0.703. The number of hydrazine groups is 1. The van der Waals surface area contributed by atoms with Crippen LogP contribution in [0.3, 0.4) is 0 Å². The Morgan fingerprint density at radius 3 is 3.06 bits per heavy atom. The topological polar surface area (TPSA) is 36.5 Å². The van der Waals surface area contributed by atoms with Gasteiger partial charge in [0, 0.05) is 5.92 Å². The summed E-state index contributed by atoms with van der Waals surface area (Å²) in [5, 5.41) is 1.78. The smallest absolute Gasteiger partial charge is 0.287 e. The van der Waals surface area contributed by atoms with Gasteiger partial charge in [0.2, 0.25) is 6.21 Å². The van der Waals surface area contributed by atoms with E-state index in [4.69, 9.17) is 4.42 Å². The van der Waals surface area contributed by atoms with E-state index in [1.807, 2.05) is 25.4 Å². The van der Waals surface area contributed by atoms with Gasteiger partial charge in [-0.3, -0.25) is 4.79 Å². The van der Waals surface area contributed by atoms with Gasteiger partial charge in [-0.15, -0.1) is 9.69 Å². The Hall–Kier alpha value is -1.58. The first-order chi connectivity index (χ1) is 8.75. The van der Waals surface area contributed by atoms with Gasteiger partial charge in [0.25, 0.3) is 5.91 Å². The molecule has 0 unspecified atom stereocenters. The Morgan fingerprint density at radius 1 is 1.44 bits per heavy atom. The van der Waals surface area contributed by atoms with Crippen LogP contribution in [0.5, 0.6) is 0 Å². The molecule has 3 aliphatic rings. The highest BCUT2D eigenvalue weighted by Gasteiger charge is 2.63. The number of hydrogen-bond donors (Lipinski definition) is 0. The minimum Gasteiger partial charge on any atom is -0.459 e. The van der Waals surface area contributed by atoms with E-state index in [0.29, 0.717) is 17.9 Å². The van der Waals surface area contributed by atoms with Crippen molar-refractivity contribution in [1.29, 1.82) is 0 Å². The van der Waals surface area contributed by atoms with Crippen LogP contribution in [0.4, 0.5) is 0 Å². The first-order valence-electron chi connectivity index (χ1n) is 6.70. The fourth-order valence-electron chi connectivity index (χ4n) is 4.19. The molecule has 4 atom stereocenters. The van der Waals surface area contributed by atoms with Crippen LogP contribution in [0.1, 0.15) is 25.0 Å². The summed E-state index contributed by atoms with van der Waals surface area (Å²) in [7, 11) is 1.87. The van der Waals surface area contributed by atoms with Gasteiger partial charge in [-0.2, -0.15) is 0 Å². The molecule has 0 aromatic carbocycles. The zero-order chi connectivity index (χ0) is 12.3. The Labute approximate surface area is 106 Å². The van der Waals surface area contributed by atoms with Crippen LogP contribution in [0.25, 0.3) is 0 Å². The molecule has 1 aromatic rings. The number of fused-ring (bicyclic) bond motifs is 5. The third-order valence-electron chi connectivity index (χ3n) is 4.93. The fraction of sp³-hybridized carbons (Fsp3) is 0.571.